The maximum Gasteiger partial charge on any atom is 0.222 e. The normalized spacial score (nSPS) is 13.7. The SMILES string of the molecule is CN(CCCNC(=NCCCN1CCCC1=O)NCCc1ccco1)c1ccccc1.I. The summed E-state index contributed by atoms with van der Waals surface area (Å²) in [6.07, 6.45) is 6.08. The number of halogens is 1. The van der Waals surface area contributed by atoms with E-state index in [-0.39, 0.29) is 29.9 Å². The predicted molar refractivity (Wildman–Crippen MR) is 141 cm³/mol. The third kappa shape index (κ3) is 9.10. The van der Waals surface area contributed by atoms with Gasteiger partial charge in [-0.05, 0) is 43.5 Å². The molecule has 0 saturated carbocycles. The number of carbonyl (C=O) groups is 1. The lowest BCUT2D eigenvalue weighted by atomic mass is 10.3. The molecule has 0 unspecified atom stereocenters. The van der Waals surface area contributed by atoms with Crippen molar-refractivity contribution in [3.63, 3.8) is 0 Å². The molecule has 1 amide bonds. The molecule has 1 aromatic heterocycles. The molecule has 1 aliphatic rings. The van der Waals surface area contributed by atoms with E-state index in [4.69, 9.17) is 9.41 Å². The molecule has 0 spiro atoms. The Morgan fingerprint density at radius 1 is 1.12 bits per heavy atom. The maximum atomic E-state index is 11.7. The second-order valence-electron chi connectivity index (χ2n) is 7.86. The van der Waals surface area contributed by atoms with Crippen LogP contribution in [0, 0.1) is 0 Å². The average Bonchev–Trinajstić information content (AvgIpc) is 3.46. The van der Waals surface area contributed by atoms with Gasteiger partial charge in [0.1, 0.15) is 5.76 Å². The summed E-state index contributed by atoms with van der Waals surface area (Å²) in [6, 6.07) is 14.3. The number of nitrogens with zero attached hydrogens (tertiary/aromatic N) is 3. The zero-order chi connectivity index (χ0) is 21.7. The monoisotopic (exact) mass is 553 g/mol. The maximum absolute atomic E-state index is 11.7. The molecule has 7 nitrogen and oxygen atoms in total. The highest BCUT2D eigenvalue weighted by molar-refractivity contribution is 14.0. The van der Waals surface area contributed by atoms with Gasteiger partial charge in [-0.3, -0.25) is 9.79 Å². The molecule has 1 fully saturated rings. The van der Waals surface area contributed by atoms with E-state index in [1.54, 1.807) is 6.26 Å². The van der Waals surface area contributed by atoms with Crippen LogP contribution in [-0.4, -0.2) is 63.1 Å². The molecule has 2 N–H and O–H groups in total. The second kappa shape index (κ2) is 14.8. The molecule has 8 heteroatoms. The minimum atomic E-state index is 0. The summed E-state index contributed by atoms with van der Waals surface area (Å²) in [5, 5.41) is 6.84. The van der Waals surface area contributed by atoms with Crippen molar-refractivity contribution in [2.24, 2.45) is 4.99 Å². The molecule has 3 rings (SSSR count). The van der Waals surface area contributed by atoms with E-state index >= 15 is 0 Å². The first kappa shape index (κ1) is 26.0. The quantitative estimate of drug-likeness (QED) is 0.182. The lowest BCUT2D eigenvalue weighted by Crippen LogP contribution is -2.40. The van der Waals surface area contributed by atoms with Gasteiger partial charge in [-0.25, -0.2) is 0 Å². The molecular formula is C24H36IN5O2. The zero-order valence-corrected chi connectivity index (χ0v) is 21.3. The largest absolute Gasteiger partial charge is 0.469 e. The number of carbonyl (C=O) groups excluding carboxylic acids is 1. The minimum absolute atomic E-state index is 0. The first-order valence-electron chi connectivity index (χ1n) is 11.3. The average molecular weight is 553 g/mol. The van der Waals surface area contributed by atoms with Crippen molar-refractivity contribution in [2.45, 2.75) is 32.1 Å². The fourth-order valence-electron chi connectivity index (χ4n) is 3.66. The zero-order valence-electron chi connectivity index (χ0n) is 19.0. The van der Waals surface area contributed by atoms with Gasteiger partial charge >= 0.3 is 0 Å². The lowest BCUT2D eigenvalue weighted by Gasteiger charge is -2.20. The van der Waals surface area contributed by atoms with E-state index in [1.165, 1.54) is 5.69 Å². The van der Waals surface area contributed by atoms with Gasteiger partial charge in [-0.15, -0.1) is 24.0 Å². The smallest absolute Gasteiger partial charge is 0.222 e. The Labute approximate surface area is 208 Å². The Morgan fingerprint density at radius 3 is 2.66 bits per heavy atom. The van der Waals surface area contributed by atoms with Crippen molar-refractivity contribution >= 4 is 41.5 Å². The molecule has 176 valence electrons. The van der Waals surface area contributed by atoms with Gasteiger partial charge in [0.15, 0.2) is 5.96 Å². The molecular weight excluding hydrogens is 517 g/mol. The van der Waals surface area contributed by atoms with E-state index in [0.29, 0.717) is 13.0 Å². The summed E-state index contributed by atoms with van der Waals surface area (Å²) in [7, 11) is 2.12. The van der Waals surface area contributed by atoms with Crippen molar-refractivity contribution in [3.8, 4) is 0 Å². The summed E-state index contributed by atoms with van der Waals surface area (Å²) >= 11 is 0. The number of hydrogen-bond donors (Lipinski definition) is 2. The molecule has 32 heavy (non-hydrogen) atoms. The number of hydrogen-bond acceptors (Lipinski definition) is 4. The van der Waals surface area contributed by atoms with Crippen LogP contribution in [-0.2, 0) is 11.2 Å². The Balaban J connectivity index is 0.00000363. The van der Waals surface area contributed by atoms with Crippen molar-refractivity contribution in [2.75, 3.05) is 51.2 Å². The van der Waals surface area contributed by atoms with E-state index in [9.17, 15) is 4.79 Å². The summed E-state index contributed by atoms with van der Waals surface area (Å²) in [5.41, 5.74) is 1.23. The molecule has 1 saturated heterocycles. The highest BCUT2D eigenvalue weighted by Crippen LogP contribution is 2.11. The number of para-hydroxylation sites is 1. The minimum Gasteiger partial charge on any atom is -0.469 e. The molecule has 2 heterocycles. The topological polar surface area (TPSA) is 73.1 Å². The summed E-state index contributed by atoms with van der Waals surface area (Å²) in [5.74, 6) is 2.06. The lowest BCUT2D eigenvalue weighted by molar-refractivity contribution is -0.127. The van der Waals surface area contributed by atoms with Crippen LogP contribution in [0.15, 0.2) is 58.1 Å². The van der Waals surface area contributed by atoms with Gasteiger partial charge in [-0.2, -0.15) is 0 Å². The third-order valence-corrected chi connectivity index (χ3v) is 5.43. The highest BCUT2D eigenvalue weighted by Gasteiger charge is 2.18. The van der Waals surface area contributed by atoms with Crippen LogP contribution in [0.5, 0.6) is 0 Å². The van der Waals surface area contributed by atoms with Crippen LogP contribution < -0.4 is 15.5 Å². The van der Waals surface area contributed by atoms with E-state index in [0.717, 1.165) is 70.1 Å². The Morgan fingerprint density at radius 2 is 1.94 bits per heavy atom. The molecule has 0 bridgehead atoms. The third-order valence-electron chi connectivity index (χ3n) is 5.43. The van der Waals surface area contributed by atoms with Crippen LogP contribution in [0.1, 0.15) is 31.4 Å². The van der Waals surface area contributed by atoms with Gasteiger partial charge in [-0.1, -0.05) is 18.2 Å². The molecule has 0 radical (unpaired) electrons. The Bertz CT molecular complexity index is 798. The van der Waals surface area contributed by atoms with Gasteiger partial charge in [0, 0.05) is 64.8 Å². The standard InChI is InChI=1S/C24H35N5O2.HI/c1-28(21-9-3-2-4-10-21)17-7-14-25-24(27-16-13-22-11-6-20-31-22)26-15-8-19-29-18-5-12-23(29)30;/h2-4,6,9-11,20H,5,7-8,12-19H2,1H3,(H2,25,26,27);1H. The van der Waals surface area contributed by atoms with Gasteiger partial charge < -0.3 is 24.9 Å². The fraction of sp³-hybridized carbons (Fsp3) is 0.500. The highest BCUT2D eigenvalue weighted by atomic mass is 127. The van der Waals surface area contributed by atoms with Crippen LogP contribution in [0.4, 0.5) is 5.69 Å². The summed E-state index contributed by atoms with van der Waals surface area (Å²) in [4.78, 5) is 20.7. The number of nitrogens with one attached hydrogen (secondary N) is 2. The van der Waals surface area contributed by atoms with Crippen molar-refractivity contribution in [1.82, 2.24) is 15.5 Å². The van der Waals surface area contributed by atoms with Gasteiger partial charge in [0.2, 0.25) is 5.91 Å². The summed E-state index contributed by atoms with van der Waals surface area (Å²) in [6.45, 7) is 4.95. The van der Waals surface area contributed by atoms with Crippen molar-refractivity contribution < 1.29 is 9.21 Å². The molecule has 0 aliphatic carbocycles. The van der Waals surface area contributed by atoms with Crippen molar-refractivity contribution in [3.05, 3.63) is 54.5 Å². The van der Waals surface area contributed by atoms with Gasteiger partial charge in [0.25, 0.3) is 0 Å². The van der Waals surface area contributed by atoms with Gasteiger partial charge in [0.05, 0.1) is 6.26 Å². The summed E-state index contributed by atoms with van der Waals surface area (Å²) < 4.78 is 5.40. The Kier molecular flexibility index (Phi) is 12.0. The molecule has 1 aliphatic heterocycles. The van der Waals surface area contributed by atoms with E-state index in [1.807, 2.05) is 23.1 Å². The van der Waals surface area contributed by atoms with Crippen molar-refractivity contribution in [1.29, 1.82) is 0 Å². The van der Waals surface area contributed by atoms with Crippen LogP contribution in [0.2, 0.25) is 0 Å². The number of aliphatic imine (C=N–C) groups is 1. The number of benzene rings is 1. The Hall–Kier alpha value is -2.23. The van der Waals surface area contributed by atoms with E-state index in [2.05, 4.69) is 46.8 Å². The molecule has 2 aromatic rings. The number of guanidine groups is 1. The number of amides is 1. The predicted octanol–water partition coefficient (Wildman–Crippen LogP) is 3.51. The second-order valence-corrected chi connectivity index (χ2v) is 7.86. The number of rotatable bonds is 12. The first-order chi connectivity index (χ1) is 15.2. The molecule has 0 atom stereocenters. The number of likely N-dealkylation sites (tertiary alicyclic amines) is 1. The fourth-order valence-corrected chi connectivity index (χ4v) is 3.66. The first-order valence-corrected chi connectivity index (χ1v) is 11.3. The molecule has 1 aromatic carbocycles. The van der Waals surface area contributed by atoms with Crippen LogP contribution in [0.3, 0.4) is 0 Å². The van der Waals surface area contributed by atoms with E-state index < -0.39 is 0 Å². The number of anilines is 1. The number of furan rings is 1. The van der Waals surface area contributed by atoms with Crippen LogP contribution in [0.25, 0.3) is 0 Å². The van der Waals surface area contributed by atoms with Crippen LogP contribution >= 0.6 is 24.0 Å².